The average molecular weight is 260 g/mol. The molecule has 1 aromatic rings. The Morgan fingerprint density at radius 2 is 1.89 bits per heavy atom. The number of carbonyl (C=O) groups excluding carboxylic acids is 2. The van der Waals surface area contributed by atoms with Crippen molar-refractivity contribution in [3.8, 4) is 5.75 Å². The van der Waals surface area contributed by atoms with Crippen LogP contribution in [0.1, 0.15) is 13.3 Å². The van der Waals surface area contributed by atoms with E-state index < -0.39 is 0 Å². The van der Waals surface area contributed by atoms with E-state index >= 15 is 0 Å². The summed E-state index contributed by atoms with van der Waals surface area (Å²) in [7, 11) is 1.58. The fourth-order valence-corrected chi connectivity index (χ4v) is 2.86. The predicted molar refractivity (Wildman–Crippen MR) is 70.2 cm³/mol. The van der Waals surface area contributed by atoms with Crippen LogP contribution in [0.5, 0.6) is 5.75 Å². The van der Waals surface area contributed by atoms with Gasteiger partial charge in [0.15, 0.2) is 0 Å². The van der Waals surface area contributed by atoms with Crippen LogP contribution >= 0.6 is 0 Å². The maximum absolute atomic E-state index is 12.4. The smallest absolute Gasteiger partial charge is 0.332 e. The second-order valence-electron chi connectivity index (χ2n) is 5.06. The Kier molecular flexibility index (Phi) is 2.69. The summed E-state index contributed by atoms with van der Waals surface area (Å²) < 4.78 is 5.08. The first-order chi connectivity index (χ1) is 9.13. The van der Waals surface area contributed by atoms with Crippen molar-refractivity contribution in [2.75, 3.05) is 18.6 Å². The van der Waals surface area contributed by atoms with Gasteiger partial charge in [-0.3, -0.25) is 4.79 Å². The highest BCUT2D eigenvalue weighted by Crippen LogP contribution is 2.34. The summed E-state index contributed by atoms with van der Waals surface area (Å²) >= 11 is 0. The van der Waals surface area contributed by atoms with Crippen molar-refractivity contribution in [2.45, 2.75) is 19.4 Å². The Morgan fingerprint density at radius 3 is 2.47 bits per heavy atom. The molecular formula is C14H16N2O3. The van der Waals surface area contributed by atoms with Gasteiger partial charge in [0, 0.05) is 6.54 Å². The van der Waals surface area contributed by atoms with Gasteiger partial charge in [0.2, 0.25) is 0 Å². The van der Waals surface area contributed by atoms with Crippen molar-refractivity contribution in [3.63, 3.8) is 0 Å². The first kappa shape index (κ1) is 12.0. The number of urea groups is 1. The predicted octanol–water partition coefficient (Wildman–Crippen LogP) is 1.87. The molecule has 19 heavy (non-hydrogen) atoms. The van der Waals surface area contributed by atoms with Crippen LogP contribution in [0.25, 0.3) is 0 Å². The van der Waals surface area contributed by atoms with E-state index in [9.17, 15) is 9.59 Å². The molecule has 0 saturated carbocycles. The van der Waals surface area contributed by atoms with Crippen LogP contribution < -0.4 is 9.64 Å². The Labute approximate surface area is 111 Å². The third-order valence-electron chi connectivity index (χ3n) is 3.94. The van der Waals surface area contributed by atoms with Gasteiger partial charge in [-0.15, -0.1) is 0 Å². The number of nitrogens with zero attached hydrogens (tertiary/aromatic N) is 2. The average Bonchev–Trinajstić information content (AvgIpc) is 2.91. The first-order valence-electron chi connectivity index (χ1n) is 6.42. The molecule has 5 nitrogen and oxygen atoms in total. The van der Waals surface area contributed by atoms with Crippen LogP contribution in [0.4, 0.5) is 10.5 Å². The molecule has 0 radical (unpaired) electrons. The van der Waals surface area contributed by atoms with Crippen LogP contribution in [0.3, 0.4) is 0 Å². The van der Waals surface area contributed by atoms with E-state index in [2.05, 4.69) is 0 Å². The molecule has 0 N–H and O–H groups in total. The van der Waals surface area contributed by atoms with E-state index in [0.29, 0.717) is 18.0 Å². The molecule has 5 heteroatoms. The number of benzene rings is 1. The lowest BCUT2D eigenvalue weighted by atomic mass is 10.0. The minimum atomic E-state index is -0.283. The Hall–Kier alpha value is -2.04. The SMILES string of the molecule is COc1ccc(N2C(=O)C3C(C)CCN3C2=O)cc1. The van der Waals surface area contributed by atoms with Gasteiger partial charge in [-0.1, -0.05) is 6.92 Å². The van der Waals surface area contributed by atoms with Gasteiger partial charge in [-0.25, -0.2) is 9.69 Å². The van der Waals surface area contributed by atoms with Crippen molar-refractivity contribution in [2.24, 2.45) is 5.92 Å². The van der Waals surface area contributed by atoms with Crippen molar-refractivity contribution >= 4 is 17.6 Å². The fraction of sp³-hybridized carbons (Fsp3) is 0.429. The van der Waals surface area contributed by atoms with E-state index in [-0.39, 0.29) is 23.9 Å². The molecule has 3 amide bonds. The van der Waals surface area contributed by atoms with Gasteiger partial charge >= 0.3 is 6.03 Å². The second kappa shape index (κ2) is 4.26. The third-order valence-corrected chi connectivity index (χ3v) is 3.94. The molecule has 1 aromatic carbocycles. The lowest BCUT2D eigenvalue weighted by Crippen LogP contribution is -2.33. The summed E-state index contributed by atoms with van der Waals surface area (Å²) in [5.41, 5.74) is 0.609. The van der Waals surface area contributed by atoms with Crippen molar-refractivity contribution in [1.82, 2.24) is 4.90 Å². The maximum atomic E-state index is 12.4. The summed E-state index contributed by atoms with van der Waals surface area (Å²) in [4.78, 5) is 27.6. The number of hydrogen-bond acceptors (Lipinski definition) is 3. The summed E-state index contributed by atoms with van der Waals surface area (Å²) in [5.74, 6) is 0.830. The number of ether oxygens (including phenoxy) is 1. The first-order valence-corrected chi connectivity index (χ1v) is 6.42. The molecule has 0 bridgehead atoms. The minimum absolute atomic E-state index is 0.111. The summed E-state index contributed by atoms with van der Waals surface area (Å²) in [6, 6.07) is 6.49. The second-order valence-corrected chi connectivity index (χ2v) is 5.06. The quantitative estimate of drug-likeness (QED) is 0.763. The number of carbonyl (C=O) groups is 2. The fourth-order valence-electron chi connectivity index (χ4n) is 2.86. The van der Waals surface area contributed by atoms with Crippen LogP contribution in [-0.4, -0.2) is 36.5 Å². The van der Waals surface area contributed by atoms with Crippen molar-refractivity contribution < 1.29 is 14.3 Å². The minimum Gasteiger partial charge on any atom is -0.497 e. The monoisotopic (exact) mass is 260 g/mol. The van der Waals surface area contributed by atoms with Crippen LogP contribution in [0.15, 0.2) is 24.3 Å². The Morgan fingerprint density at radius 1 is 1.21 bits per heavy atom. The van der Waals surface area contributed by atoms with Gasteiger partial charge in [-0.2, -0.15) is 0 Å². The lowest BCUT2D eigenvalue weighted by molar-refractivity contribution is -0.120. The zero-order valence-corrected chi connectivity index (χ0v) is 11.0. The van der Waals surface area contributed by atoms with Gasteiger partial charge in [0.25, 0.3) is 5.91 Å². The lowest BCUT2D eigenvalue weighted by Gasteiger charge is -2.15. The molecule has 2 saturated heterocycles. The topological polar surface area (TPSA) is 49.9 Å². The molecule has 2 unspecified atom stereocenters. The zero-order chi connectivity index (χ0) is 13.6. The number of amides is 3. The highest BCUT2D eigenvalue weighted by molar-refractivity contribution is 6.21. The molecule has 2 atom stereocenters. The van der Waals surface area contributed by atoms with E-state index in [1.54, 1.807) is 36.3 Å². The van der Waals surface area contributed by atoms with Crippen LogP contribution in [0, 0.1) is 5.92 Å². The molecule has 2 aliphatic rings. The molecule has 3 rings (SSSR count). The van der Waals surface area contributed by atoms with E-state index in [1.165, 1.54) is 4.90 Å². The van der Waals surface area contributed by atoms with E-state index in [0.717, 1.165) is 6.42 Å². The number of hydrogen-bond donors (Lipinski definition) is 0. The van der Waals surface area contributed by atoms with Crippen LogP contribution in [-0.2, 0) is 4.79 Å². The molecular weight excluding hydrogens is 244 g/mol. The number of anilines is 1. The highest BCUT2D eigenvalue weighted by Gasteiger charge is 2.51. The molecule has 2 heterocycles. The number of rotatable bonds is 2. The molecule has 100 valence electrons. The van der Waals surface area contributed by atoms with E-state index in [4.69, 9.17) is 4.74 Å². The van der Waals surface area contributed by atoms with E-state index in [1.807, 2.05) is 6.92 Å². The summed E-state index contributed by atoms with van der Waals surface area (Å²) in [6.07, 6.45) is 0.901. The Bertz CT molecular complexity index is 526. The summed E-state index contributed by atoms with van der Waals surface area (Å²) in [5, 5.41) is 0. The van der Waals surface area contributed by atoms with Crippen molar-refractivity contribution in [3.05, 3.63) is 24.3 Å². The zero-order valence-electron chi connectivity index (χ0n) is 11.0. The summed E-state index contributed by atoms with van der Waals surface area (Å²) in [6.45, 7) is 2.69. The maximum Gasteiger partial charge on any atom is 0.332 e. The normalized spacial score (nSPS) is 26.0. The molecule has 2 fully saturated rings. The number of methoxy groups -OCH3 is 1. The molecule has 2 aliphatic heterocycles. The van der Waals surface area contributed by atoms with Gasteiger partial charge in [0.1, 0.15) is 11.8 Å². The van der Waals surface area contributed by atoms with Crippen LogP contribution in [0.2, 0.25) is 0 Å². The third kappa shape index (κ3) is 1.69. The number of imide groups is 1. The molecule has 0 spiro atoms. The highest BCUT2D eigenvalue weighted by atomic mass is 16.5. The van der Waals surface area contributed by atoms with Gasteiger partial charge < -0.3 is 9.64 Å². The molecule has 0 aromatic heterocycles. The Balaban J connectivity index is 1.93. The number of fused-ring (bicyclic) bond motifs is 1. The van der Waals surface area contributed by atoms with Gasteiger partial charge in [0.05, 0.1) is 12.8 Å². The van der Waals surface area contributed by atoms with Crippen molar-refractivity contribution in [1.29, 1.82) is 0 Å². The van der Waals surface area contributed by atoms with Gasteiger partial charge in [-0.05, 0) is 36.6 Å². The largest absolute Gasteiger partial charge is 0.497 e. The molecule has 0 aliphatic carbocycles. The standard InChI is InChI=1S/C14H16N2O3/c1-9-7-8-15-12(9)13(17)16(14(15)18)10-3-5-11(19-2)6-4-10/h3-6,9,12H,7-8H2,1-2H3.